The first-order valence-corrected chi connectivity index (χ1v) is 8.97. The molecule has 4 heteroatoms. The third-order valence-corrected chi connectivity index (χ3v) is 4.14. The molecule has 0 aromatic heterocycles. The van der Waals surface area contributed by atoms with Gasteiger partial charge in [0, 0.05) is 17.9 Å². The van der Waals surface area contributed by atoms with E-state index in [1.165, 1.54) is 11.1 Å². The molecule has 3 aromatic rings. The first-order valence-electron chi connectivity index (χ1n) is 8.97. The summed E-state index contributed by atoms with van der Waals surface area (Å²) in [4.78, 5) is 12.0. The molecule has 0 aliphatic heterocycles. The molecule has 0 saturated heterocycles. The molecule has 0 atom stereocenters. The summed E-state index contributed by atoms with van der Waals surface area (Å²) >= 11 is 0. The molecule has 0 spiro atoms. The average molecular weight is 360 g/mol. The molecule has 3 rings (SSSR count). The Labute approximate surface area is 160 Å². The highest BCUT2D eigenvalue weighted by Gasteiger charge is 2.04. The first-order chi connectivity index (χ1) is 13.1. The van der Waals surface area contributed by atoms with Crippen LogP contribution in [0.15, 0.2) is 72.8 Å². The van der Waals surface area contributed by atoms with Crippen LogP contribution >= 0.6 is 0 Å². The van der Waals surface area contributed by atoms with Gasteiger partial charge in [0.25, 0.3) is 5.91 Å². The minimum Gasteiger partial charge on any atom is -0.484 e. The Kier molecular flexibility index (Phi) is 6.10. The summed E-state index contributed by atoms with van der Waals surface area (Å²) < 4.78 is 5.49. The van der Waals surface area contributed by atoms with Gasteiger partial charge in [-0.15, -0.1) is 0 Å². The minimum atomic E-state index is -0.184. The number of carbonyl (C=O) groups excluding carboxylic acids is 1. The number of amides is 1. The van der Waals surface area contributed by atoms with Gasteiger partial charge in [0.05, 0.1) is 0 Å². The molecule has 0 saturated carbocycles. The first kappa shape index (κ1) is 18.5. The molecule has 0 aliphatic rings. The van der Waals surface area contributed by atoms with E-state index in [0.717, 1.165) is 23.5 Å². The highest BCUT2D eigenvalue weighted by atomic mass is 16.5. The van der Waals surface area contributed by atoms with Crippen molar-refractivity contribution >= 4 is 17.3 Å². The minimum absolute atomic E-state index is 0.0174. The predicted molar refractivity (Wildman–Crippen MR) is 110 cm³/mol. The summed E-state index contributed by atoms with van der Waals surface area (Å²) in [5.74, 6) is 0.502. The Morgan fingerprint density at radius 2 is 1.56 bits per heavy atom. The van der Waals surface area contributed by atoms with Gasteiger partial charge in [0.15, 0.2) is 6.61 Å². The second kappa shape index (κ2) is 8.90. The monoisotopic (exact) mass is 360 g/mol. The van der Waals surface area contributed by atoms with Gasteiger partial charge < -0.3 is 15.4 Å². The second-order valence-electron chi connectivity index (χ2n) is 6.57. The van der Waals surface area contributed by atoms with Crippen LogP contribution in [0.25, 0.3) is 0 Å². The van der Waals surface area contributed by atoms with Crippen LogP contribution in [-0.4, -0.2) is 12.5 Å². The lowest BCUT2D eigenvalue weighted by molar-refractivity contribution is -0.118. The summed E-state index contributed by atoms with van der Waals surface area (Å²) in [5, 5.41) is 6.22. The fourth-order valence-corrected chi connectivity index (χ4v) is 2.68. The summed E-state index contributed by atoms with van der Waals surface area (Å²) in [6.45, 7) is 4.84. The van der Waals surface area contributed by atoms with Gasteiger partial charge in [-0.3, -0.25) is 4.79 Å². The number of anilines is 2. The number of hydrogen-bond donors (Lipinski definition) is 2. The van der Waals surface area contributed by atoms with Crippen LogP contribution in [-0.2, 0) is 11.3 Å². The predicted octanol–water partition coefficient (Wildman–Crippen LogP) is 4.93. The number of nitrogens with one attached hydrogen (secondary N) is 2. The zero-order valence-corrected chi connectivity index (χ0v) is 15.7. The van der Waals surface area contributed by atoms with Crippen molar-refractivity contribution in [1.29, 1.82) is 0 Å². The third kappa shape index (κ3) is 5.89. The molecule has 27 heavy (non-hydrogen) atoms. The zero-order valence-electron chi connectivity index (χ0n) is 15.7. The van der Waals surface area contributed by atoms with E-state index in [0.29, 0.717) is 5.75 Å². The number of ether oxygens (including phenoxy) is 1. The highest BCUT2D eigenvalue weighted by molar-refractivity contribution is 5.92. The van der Waals surface area contributed by atoms with Gasteiger partial charge in [-0.05, 0) is 55.8 Å². The Morgan fingerprint density at radius 1 is 0.852 bits per heavy atom. The molecule has 0 bridgehead atoms. The topological polar surface area (TPSA) is 50.4 Å². The SMILES string of the molecule is Cc1ccc(OCC(=O)Nc2ccc(NCc3cccc(C)c3)cc2)cc1. The Hall–Kier alpha value is -3.27. The summed E-state index contributed by atoms with van der Waals surface area (Å²) in [6.07, 6.45) is 0. The van der Waals surface area contributed by atoms with E-state index in [2.05, 4.69) is 41.8 Å². The lowest BCUT2D eigenvalue weighted by Gasteiger charge is -2.10. The molecule has 4 nitrogen and oxygen atoms in total. The average Bonchev–Trinajstić information content (AvgIpc) is 2.67. The van der Waals surface area contributed by atoms with Crippen LogP contribution in [0.3, 0.4) is 0 Å². The second-order valence-corrected chi connectivity index (χ2v) is 6.57. The van der Waals surface area contributed by atoms with E-state index in [1.807, 2.05) is 55.5 Å². The van der Waals surface area contributed by atoms with Gasteiger partial charge in [-0.1, -0.05) is 47.5 Å². The molecule has 3 aromatic carbocycles. The Morgan fingerprint density at radius 3 is 2.26 bits per heavy atom. The van der Waals surface area contributed by atoms with Crippen molar-refractivity contribution in [2.24, 2.45) is 0 Å². The van der Waals surface area contributed by atoms with Crippen molar-refractivity contribution in [2.45, 2.75) is 20.4 Å². The fourth-order valence-electron chi connectivity index (χ4n) is 2.68. The molecule has 1 amide bonds. The molecular formula is C23H24N2O2. The van der Waals surface area contributed by atoms with Gasteiger partial charge in [-0.2, -0.15) is 0 Å². The van der Waals surface area contributed by atoms with Crippen molar-refractivity contribution in [3.05, 3.63) is 89.5 Å². The van der Waals surface area contributed by atoms with E-state index >= 15 is 0 Å². The third-order valence-electron chi connectivity index (χ3n) is 4.14. The van der Waals surface area contributed by atoms with Gasteiger partial charge in [0.1, 0.15) is 5.75 Å². The van der Waals surface area contributed by atoms with Crippen LogP contribution in [0.4, 0.5) is 11.4 Å². The molecular weight excluding hydrogens is 336 g/mol. The van der Waals surface area contributed by atoms with E-state index < -0.39 is 0 Å². The van der Waals surface area contributed by atoms with Crippen molar-refractivity contribution in [3.63, 3.8) is 0 Å². The number of carbonyl (C=O) groups is 1. The zero-order chi connectivity index (χ0) is 19.1. The quantitative estimate of drug-likeness (QED) is 0.628. The van der Waals surface area contributed by atoms with Crippen LogP contribution < -0.4 is 15.4 Å². The summed E-state index contributed by atoms with van der Waals surface area (Å²) in [7, 11) is 0. The molecule has 0 aliphatic carbocycles. The van der Waals surface area contributed by atoms with Crippen molar-refractivity contribution < 1.29 is 9.53 Å². The maximum Gasteiger partial charge on any atom is 0.262 e. The molecule has 0 unspecified atom stereocenters. The number of benzene rings is 3. The maximum absolute atomic E-state index is 12.0. The van der Waals surface area contributed by atoms with E-state index in [9.17, 15) is 4.79 Å². The smallest absolute Gasteiger partial charge is 0.262 e. The van der Waals surface area contributed by atoms with E-state index in [4.69, 9.17) is 4.74 Å². The molecule has 0 heterocycles. The van der Waals surface area contributed by atoms with Crippen molar-refractivity contribution in [2.75, 3.05) is 17.2 Å². The van der Waals surface area contributed by atoms with Crippen LogP contribution in [0.5, 0.6) is 5.75 Å². The van der Waals surface area contributed by atoms with Crippen LogP contribution in [0, 0.1) is 13.8 Å². The van der Waals surface area contributed by atoms with Crippen molar-refractivity contribution in [1.82, 2.24) is 0 Å². The summed E-state index contributed by atoms with van der Waals surface area (Å²) in [5.41, 5.74) is 5.39. The number of aryl methyl sites for hydroxylation is 2. The molecule has 2 N–H and O–H groups in total. The van der Waals surface area contributed by atoms with E-state index in [-0.39, 0.29) is 12.5 Å². The largest absolute Gasteiger partial charge is 0.484 e. The fraction of sp³-hybridized carbons (Fsp3) is 0.174. The standard InChI is InChI=1S/C23H24N2O2/c1-17-6-12-22(13-7-17)27-16-23(26)25-21-10-8-20(9-11-21)24-15-19-5-3-4-18(2)14-19/h3-14,24H,15-16H2,1-2H3,(H,25,26). The van der Waals surface area contributed by atoms with E-state index in [1.54, 1.807) is 0 Å². The summed E-state index contributed by atoms with van der Waals surface area (Å²) in [6, 6.07) is 23.7. The molecule has 0 radical (unpaired) electrons. The highest BCUT2D eigenvalue weighted by Crippen LogP contribution is 2.16. The van der Waals surface area contributed by atoms with Crippen LogP contribution in [0.2, 0.25) is 0 Å². The lowest BCUT2D eigenvalue weighted by atomic mass is 10.1. The van der Waals surface area contributed by atoms with Crippen LogP contribution in [0.1, 0.15) is 16.7 Å². The van der Waals surface area contributed by atoms with Gasteiger partial charge in [0.2, 0.25) is 0 Å². The van der Waals surface area contributed by atoms with Crippen molar-refractivity contribution in [3.8, 4) is 5.75 Å². The molecule has 0 fully saturated rings. The van der Waals surface area contributed by atoms with Gasteiger partial charge >= 0.3 is 0 Å². The Bertz CT molecular complexity index is 887. The molecule has 138 valence electrons. The lowest BCUT2D eigenvalue weighted by Crippen LogP contribution is -2.20. The number of rotatable bonds is 7. The normalized spacial score (nSPS) is 10.3. The maximum atomic E-state index is 12.0. The number of hydrogen-bond acceptors (Lipinski definition) is 3. The Balaban J connectivity index is 1.46. The van der Waals surface area contributed by atoms with Gasteiger partial charge in [-0.25, -0.2) is 0 Å².